The Labute approximate surface area is 194 Å². The Morgan fingerprint density at radius 2 is 0.606 bits per heavy atom. The Morgan fingerprint density at radius 1 is 0.303 bits per heavy atom. The molecule has 0 bridgehead atoms. The van der Waals surface area contributed by atoms with Gasteiger partial charge in [0.05, 0.1) is 0 Å². The largest absolute Gasteiger partial charge is 0.457 e. The molecule has 0 fully saturated rings. The van der Waals surface area contributed by atoms with E-state index in [1.807, 2.05) is 103 Å². The standard InChI is InChI=1S/C30H23NO2/c1-4-10-24(11-5-1)31(25-12-6-2-7-13-25)26-16-18-28(19-17-26)33-30-22-20-29(21-23-30)32-27-14-8-3-9-15-27/h1-23H. The number of para-hydroxylation sites is 3. The van der Waals surface area contributed by atoms with Gasteiger partial charge >= 0.3 is 0 Å². The molecule has 0 unspecified atom stereocenters. The predicted octanol–water partition coefficient (Wildman–Crippen LogP) is 8.74. The monoisotopic (exact) mass is 429 g/mol. The second kappa shape index (κ2) is 9.75. The van der Waals surface area contributed by atoms with E-state index in [1.54, 1.807) is 0 Å². The minimum absolute atomic E-state index is 0.756. The zero-order valence-electron chi connectivity index (χ0n) is 18.0. The zero-order chi connectivity index (χ0) is 22.3. The van der Waals surface area contributed by atoms with Crippen molar-refractivity contribution in [2.45, 2.75) is 0 Å². The fourth-order valence-corrected chi connectivity index (χ4v) is 3.60. The van der Waals surface area contributed by atoms with E-state index in [0.29, 0.717) is 0 Å². The molecule has 33 heavy (non-hydrogen) atoms. The van der Waals surface area contributed by atoms with Crippen LogP contribution in [0, 0.1) is 0 Å². The first-order chi connectivity index (χ1) is 16.3. The number of hydrogen-bond donors (Lipinski definition) is 0. The molecule has 3 heteroatoms. The van der Waals surface area contributed by atoms with Crippen molar-refractivity contribution in [3.05, 3.63) is 140 Å². The smallest absolute Gasteiger partial charge is 0.127 e. The Balaban J connectivity index is 1.32. The zero-order valence-corrected chi connectivity index (χ0v) is 18.0. The first kappa shape index (κ1) is 20.4. The Kier molecular flexibility index (Phi) is 6.03. The van der Waals surface area contributed by atoms with Crippen molar-refractivity contribution in [3.63, 3.8) is 0 Å². The summed E-state index contributed by atoms with van der Waals surface area (Å²) in [5, 5.41) is 0. The van der Waals surface area contributed by atoms with Crippen LogP contribution in [0.25, 0.3) is 0 Å². The maximum atomic E-state index is 6.06. The average molecular weight is 430 g/mol. The summed E-state index contributed by atoms with van der Waals surface area (Å²) in [4.78, 5) is 2.22. The highest BCUT2D eigenvalue weighted by Gasteiger charge is 2.12. The summed E-state index contributed by atoms with van der Waals surface area (Å²) in [6.45, 7) is 0. The summed E-state index contributed by atoms with van der Waals surface area (Å²) >= 11 is 0. The van der Waals surface area contributed by atoms with Crippen LogP contribution in [0.15, 0.2) is 140 Å². The predicted molar refractivity (Wildman–Crippen MR) is 134 cm³/mol. The third kappa shape index (κ3) is 5.05. The van der Waals surface area contributed by atoms with Crippen molar-refractivity contribution >= 4 is 17.1 Å². The van der Waals surface area contributed by atoms with Crippen LogP contribution in [-0.4, -0.2) is 0 Å². The highest BCUT2D eigenvalue weighted by Crippen LogP contribution is 2.35. The molecular weight excluding hydrogens is 406 g/mol. The topological polar surface area (TPSA) is 21.7 Å². The Morgan fingerprint density at radius 3 is 1.03 bits per heavy atom. The van der Waals surface area contributed by atoms with Crippen molar-refractivity contribution in [2.24, 2.45) is 0 Å². The van der Waals surface area contributed by atoms with Crippen LogP contribution in [0.5, 0.6) is 23.0 Å². The van der Waals surface area contributed by atoms with Gasteiger partial charge in [-0.05, 0) is 84.9 Å². The van der Waals surface area contributed by atoms with E-state index in [-0.39, 0.29) is 0 Å². The van der Waals surface area contributed by atoms with Crippen molar-refractivity contribution in [3.8, 4) is 23.0 Å². The molecule has 0 saturated carbocycles. The number of ether oxygens (including phenoxy) is 2. The lowest BCUT2D eigenvalue weighted by Gasteiger charge is -2.25. The molecule has 0 aliphatic heterocycles. The van der Waals surface area contributed by atoms with Gasteiger partial charge in [0.1, 0.15) is 23.0 Å². The van der Waals surface area contributed by atoms with Crippen LogP contribution in [0.2, 0.25) is 0 Å². The van der Waals surface area contributed by atoms with Crippen LogP contribution in [-0.2, 0) is 0 Å². The van der Waals surface area contributed by atoms with E-state index >= 15 is 0 Å². The third-order valence-electron chi connectivity index (χ3n) is 5.16. The summed E-state index contributed by atoms with van der Waals surface area (Å²) in [7, 11) is 0. The molecule has 0 radical (unpaired) electrons. The fourth-order valence-electron chi connectivity index (χ4n) is 3.60. The first-order valence-corrected chi connectivity index (χ1v) is 10.9. The van der Waals surface area contributed by atoms with Crippen LogP contribution >= 0.6 is 0 Å². The molecule has 0 spiro atoms. The normalized spacial score (nSPS) is 10.4. The van der Waals surface area contributed by atoms with Crippen LogP contribution in [0.4, 0.5) is 17.1 Å². The molecule has 0 saturated heterocycles. The van der Waals surface area contributed by atoms with Gasteiger partial charge < -0.3 is 14.4 Å². The minimum atomic E-state index is 0.756. The highest BCUT2D eigenvalue weighted by atomic mass is 16.5. The van der Waals surface area contributed by atoms with E-state index in [1.165, 1.54) is 0 Å². The van der Waals surface area contributed by atoms with Crippen molar-refractivity contribution < 1.29 is 9.47 Å². The second-order valence-corrected chi connectivity index (χ2v) is 7.49. The SMILES string of the molecule is c1ccc(Oc2ccc(Oc3ccc(N(c4ccccc4)c4ccccc4)cc3)cc2)cc1. The van der Waals surface area contributed by atoms with Crippen LogP contribution in [0.3, 0.4) is 0 Å². The number of benzene rings is 5. The average Bonchev–Trinajstić information content (AvgIpc) is 2.88. The Bertz CT molecular complexity index is 1230. The molecule has 0 amide bonds. The van der Waals surface area contributed by atoms with Gasteiger partial charge in [0, 0.05) is 17.1 Å². The van der Waals surface area contributed by atoms with Gasteiger partial charge in [-0.15, -0.1) is 0 Å². The molecule has 3 nitrogen and oxygen atoms in total. The molecule has 5 aromatic carbocycles. The molecular formula is C30H23NO2. The van der Waals surface area contributed by atoms with E-state index < -0.39 is 0 Å². The second-order valence-electron chi connectivity index (χ2n) is 7.49. The molecule has 0 heterocycles. The molecule has 0 aliphatic rings. The third-order valence-corrected chi connectivity index (χ3v) is 5.16. The molecule has 0 atom stereocenters. The fraction of sp³-hybridized carbons (Fsp3) is 0. The Hall–Kier alpha value is -4.50. The van der Waals surface area contributed by atoms with E-state index in [0.717, 1.165) is 40.1 Å². The maximum Gasteiger partial charge on any atom is 0.127 e. The van der Waals surface area contributed by atoms with Gasteiger partial charge in [0.25, 0.3) is 0 Å². The van der Waals surface area contributed by atoms with E-state index in [2.05, 4.69) is 41.3 Å². The van der Waals surface area contributed by atoms with Gasteiger partial charge in [-0.2, -0.15) is 0 Å². The number of anilines is 3. The van der Waals surface area contributed by atoms with Gasteiger partial charge in [-0.3, -0.25) is 0 Å². The molecule has 160 valence electrons. The summed E-state index contributed by atoms with van der Waals surface area (Å²) in [6.07, 6.45) is 0. The first-order valence-electron chi connectivity index (χ1n) is 10.9. The van der Waals surface area contributed by atoms with Gasteiger partial charge in [0.15, 0.2) is 0 Å². The van der Waals surface area contributed by atoms with Crippen LogP contribution in [0.1, 0.15) is 0 Å². The summed E-state index contributed by atoms with van der Waals surface area (Å²) in [6, 6.07) is 46.2. The molecule has 0 aliphatic carbocycles. The van der Waals surface area contributed by atoms with Crippen molar-refractivity contribution in [1.82, 2.24) is 0 Å². The highest BCUT2D eigenvalue weighted by molar-refractivity contribution is 5.76. The number of rotatable bonds is 7. The lowest BCUT2D eigenvalue weighted by molar-refractivity contribution is 0.469. The summed E-state index contributed by atoms with van der Waals surface area (Å²) in [5.41, 5.74) is 3.27. The van der Waals surface area contributed by atoms with Crippen LogP contribution < -0.4 is 14.4 Å². The lowest BCUT2D eigenvalue weighted by Crippen LogP contribution is -2.09. The van der Waals surface area contributed by atoms with Crippen molar-refractivity contribution in [2.75, 3.05) is 4.90 Å². The molecule has 0 aromatic heterocycles. The van der Waals surface area contributed by atoms with E-state index in [9.17, 15) is 0 Å². The summed E-state index contributed by atoms with van der Waals surface area (Å²) in [5.74, 6) is 3.11. The maximum absolute atomic E-state index is 6.06. The summed E-state index contributed by atoms with van der Waals surface area (Å²) < 4.78 is 11.9. The van der Waals surface area contributed by atoms with E-state index in [4.69, 9.17) is 9.47 Å². The van der Waals surface area contributed by atoms with Gasteiger partial charge in [-0.25, -0.2) is 0 Å². The molecule has 5 rings (SSSR count). The molecule has 0 N–H and O–H groups in total. The van der Waals surface area contributed by atoms with Gasteiger partial charge in [-0.1, -0.05) is 54.6 Å². The number of hydrogen-bond acceptors (Lipinski definition) is 3. The van der Waals surface area contributed by atoms with Gasteiger partial charge in [0.2, 0.25) is 0 Å². The lowest BCUT2D eigenvalue weighted by atomic mass is 10.2. The quantitative estimate of drug-likeness (QED) is 0.258. The number of nitrogens with zero attached hydrogens (tertiary/aromatic N) is 1. The van der Waals surface area contributed by atoms with Crippen molar-refractivity contribution in [1.29, 1.82) is 0 Å². The molecule has 5 aromatic rings. The minimum Gasteiger partial charge on any atom is -0.457 e.